The molecule has 0 unspecified atom stereocenters. The molecule has 0 radical (unpaired) electrons. The van der Waals surface area contributed by atoms with E-state index >= 15 is 0 Å². The van der Waals surface area contributed by atoms with E-state index in [4.69, 9.17) is 0 Å². The third kappa shape index (κ3) is 4.27. The quantitative estimate of drug-likeness (QED) is 0.781. The summed E-state index contributed by atoms with van der Waals surface area (Å²) in [4.78, 5) is 3.59. The first kappa shape index (κ1) is 14.4. The highest BCUT2D eigenvalue weighted by molar-refractivity contribution is 7.19. The van der Waals surface area contributed by atoms with Crippen LogP contribution in [0.5, 0.6) is 0 Å². The molecule has 0 spiro atoms. The topological polar surface area (TPSA) is 15.3 Å². The van der Waals surface area contributed by atoms with Crippen LogP contribution in [0.25, 0.3) is 10.1 Å². The number of benzene rings is 1. The van der Waals surface area contributed by atoms with Crippen LogP contribution in [0, 0.1) is 5.82 Å². The molecule has 1 heterocycles. The lowest BCUT2D eigenvalue weighted by molar-refractivity contribution is 0.327. The molecule has 1 N–H and O–H groups in total. The molecule has 1 aromatic carbocycles. The maximum atomic E-state index is 13.1. The number of nitrogens with one attached hydrogen (secondary N) is 1. The number of fused-ring (bicyclic) bond motifs is 1. The van der Waals surface area contributed by atoms with Crippen molar-refractivity contribution in [2.24, 2.45) is 0 Å². The molecule has 2 rings (SSSR count). The van der Waals surface area contributed by atoms with Crippen LogP contribution >= 0.6 is 11.3 Å². The van der Waals surface area contributed by atoms with Crippen LogP contribution in [0.2, 0.25) is 0 Å². The fraction of sp³-hybridized carbons (Fsp3) is 0.467. The summed E-state index contributed by atoms with van der Waals surface area (Å²) in [5.74, 6) is -0.155. The van der Waals surface area contributed by atoms with Gasteiger partial charge in [0, 0.05) is 29.2 Å². The summed E-state index contributed by atoms with van der Waals surface area (Å²) in [7, 11) is 2.12. The molecule has 104 valence electrons. The highest BCUT2D eigenvalue weighted by Crippen LogP contribution is 2.26. The lowest BCUT2D eigenvalue weighted by atomic mass is 10.2. The van der Waals surface area contributed by atoms with Gasteiger partial charge in [0.05, 0.1) is 0 Å². The fourth-order valence-electron chi connectivity index (χ4n) is 2.05. The van der Waals surface area contributed by atoms with Crippen molar-refractivity contribution in [3.63, 3.8) is 0 Å². The van der Waals surface area contributed by atoms with E-state index in [1.165, 1.54) is 17.4 Å². The lowest BCUT2D eigenvalue weighted by Crippen LogP contribution is -2.29. The first-order valence-electron chi connectivity index (χ1n) is 6.76. The Balaban J connectivity index is 1.89. The fourth-order valence-corrected chi connectivity index (χ4v) is 3.22. The van der Waals surface area contributed by atoms with Gasteiger partial charge in [-0.05, 0) is 43.6 Å². The predicted octanol–water partition coefficient (Wildman–Crippen LogP) is 3.47. The molecular weight excluding hydrogens is 259 g/mol. The van der Waals surface area contributed by atoms with Gasteiger partial charge in [0.1, 0.15) is 5.82 Å². The first-order chi connectivity index (χ1) is 9.19. The molecule has 0 aliphatic heterocycles. The van der Waals surface area contributed by atoms with Gasteiger partial charge in [-0.2, -0.15) is 0 Å². The minimum absolute atomic E-state index is 0.155. The Morgan fingerprint density at radius 3 is 2.89 bits per heavy atom. The minimum Gasteiger partial charge on any atom is -0.315 e. The molecule has 4 heteroatoms. The van der Waals surface area contributed by atoms with E-state index in [0.717, 1.165) is 36.3 Å². The Hall–Kier alpha value is -0.970. The summed E-state index contributed by atoms with van der Waals surface area (Å²) in [5.41, 5.74) is 0. The predicted molar refractivity (Wildman–Crippen MR) is 81.3 cm³/mol. The molecule has 2 nitrogen and oxygen atoms in total. The first-order valence-corrected chi connectivity index (χ1v) is 7.58. The zero-order valence-corrected chi connectivity index (χ0v) is 12.4. The standard InChI is InChI=1S/C15H21FN2S/c1-3-6-17-7-8-18(2)11-14-9-12-4-5-13(16)10-15(12)19-14/h4-5,9-10,17H,3,6-8,11H2,1-2H3. The Kier molecular flexibility index (Phi) is 5.31. The van der Waals surface area contributed by atoms with Gasteiger partial charge in [0.25, 0.3) is 0 Å². The molecule has 19 heavy (non-hydrogen) atoms. The van der Waals surface area contributed by atoms with Crippen molar-refractivity contribution >= 4 is 21.4 Å². The van der Waals surface area contributed by atoms with Gasteiger partial charge in [0.2, 0.25) is 0 Å². The van der Waals surface area contributed by atoms with Gasteiger partial charge in [-0.1, -0.05) is 13.0 Å². The van der Waals surface area contributed by atoms with Crippen LogP contribution in [-0.2, 0) is 6.54 Å². The molecule has 0 saturated heterocycles. The summed E-state index contributed by atoms with van der Waals surface area (Å²) in [6.07, 6.45) is 1.17. The molecule has 0 fully saturated rings. The number of hydrogen-bond acceptors (Lipinski definition) is 3. The summed E-state index contributed by atoms with van der Waals surface area (Å²) >= 11 is 1.68. The van der Waals surface area contributed by atoms with Crippen molar-refractivity contribution in [1.29, 1.82) is 0 Å². The van der Waals surface area contributed by atoms with Crippen molar-refractivity contribution < 1.29 is 4.39 Å². The molecule has 0 saturated carbocycles. The van der Waals surface area contributed by atoms with Crippen molar-refractivity contribution in [3.8, 4) is 0 Å². The zero-order chi connectivity index (χ0) is 13.7. The Morgan fingerprint density at radius 2 is 2.11 bits per heavy atom. The van der Waals surface area contributed by atoms with Crippen LogP contribution in [0.4, 0.5) is 4.39 Å². The second kappa shape index (κ2) is 6.98. The summed E-state index contributed by atoms with van der Waals surface area (Å²) in [6.45, 7) is 6.23. The molecule has 0 aliphatic carbocycles. The van der Waals surface area contributed by atoms with E-state index in [2.05, 4.69) is 30.3 Å². The number of rotatable bonds is 7. The van der Waals surface area contributed by atoms with E-state index in [9.17, 15) is 4.39 Å². The molecule has 0 amide bonds. The van der Waals surface area contributed by atoms with Crippen LogP contribution < -0.4 is 5.32 Å². The van der Waals surface area contributed by atoms with Crippen LogP contribution in [0.3, 0.4) is 0 Å². The van der Waals surface area contributed by atoms with Crippen molar-refractivity contribution in [2.75, 3.05) is 26.7 Å². The number of halogens is 1. The van der Waals surface area contributed by atoms with Crippen LogP contribution in [-0.4, -0.2) is 31.6 Å². The maximum Gasteiger partial charge on any atom is 0.124 e. The molecule has 1 aromatic heterocycles. The van der Waals surface area contributed by atoms with Crippen molar-refractivity contribution in [1.82, 2.24) is 10.2 Å². The number of nitrogens with zero attached hydrogens (tertiary/aromatic N) is 1. The summed E-state index contributed by atoms with van der Waals surface area (Å²) in [6, 6.07) is 7.16. The number of thiophene rings is 1. The largest absolute Gasteiger partial charge is 0.315 e. The monoisotopic (exact) mass is 280 g/mol. The van der Waals surface area contributed by atoms with Gasteiger partial charge in [0.15, 0.2) is 0 Å². The second-order valence-electron chi connectivity index (χ2n) is 4.88. The van der Waals surface area contributed by atoms with Gasteiger partial charge in [-0.3, -0.25) is 0 Å². The van der Waals surface area contributed by atoms with Crippen LogP contribution in [0.15, 0.2) is 24.3 Å². The average Bonchev–Trinajstić information content (AvgIpc) is 2.76. The van der Waals surface area contributed by atoms with Gasteiger partial charge < -0.3 is 10.2 Å². The molecule has 2 aromatic rings. The van der Waals surface area contributed by atoms with E-state index < -0.39 is 0 Å². The number of likely N-dealkylation sites (N-methyl/N-ethyl adjacent to an activating group) is 1. The molecular formula is C15H21FN2S. The Bertz CT molecular complexity index is 524. The SMILES string of the molecule is CCCNCCN(C)Cc1cc2ccc(F)cc2s1. The molecule has 0 aliphatic rings. The van der Waals surface area contributed by atoms with Crippen molar-refractivity contribution in [2.45, 2.75) is 19.9 Å². The number of hydrogen-bond donors (Lipinski definition) is 1. The Morgan fingerprint density at radius 1 is 1.26 bits per heavy atom. The average molecular weight is 280 g/mol. The van der Waals surface area contributed by atoms with E-state index in [-0.39, 0.29) is 5.82 Å². The third-order valence-electron chi connectivity index (χ3n) is 3.06. The van der Waals surface area contributed by atoms with E-state index in [0.29, 0.717) is 0 Å². The van der Waals surface area contributed by atoms with Gasteiger partial charge in [-0.15, -0.1) is 11.3 Å². The second-order valence-corrected chi connectivity index (χ2v) is 6.05. The van der Waals surface area contributed by atoms with E-state index in [1.54, 1.807) is 17.4 Å². The van der Waals surface area contributed by atoms with Gasteiger partial charge in [-0.25, -0.2) is 4.39 Å². The van der Waals surface area contributed by atoms with Crippen molar-refractivity contribution in [3.05, 3.63) is 35.0 Å². The highest BCUT2D eigenvalue weighted by Gasteiger charge is 2.05. The summed E-state index contributed by atoms with van der Waals surface area (Å²) < 4.78 is 14.2. The normalized spacial score (nSPS) is 11.6. The highest BCUT2D eigenvalue weighted by atomic mass is 32.1. The third-order valence-corrected chi connectivity index (χ3v) is 4.14. The van der Waals surface area contributed by atoms with Crippen LogP contribution in [0.1, 0.15) is 18.2 Å². The zero-order valence-electron chi connectivity index (χ0n) is 11.6. The van der Waals surface area contributed by atoms with Gasteiger partial charge >= 0.3 is 0 Å². The summed E-state index contributed by atoms with van der Waals surface area (Å²) in [5, 5.41) is 4.54. The lowest BCUT2D eigenvalue weighted by Gasteiger charge is -2.15. The smallest absolute Gasteiger partial charge is 0.124 e. The molecule has 0 atom stereocenters. The Labute approximate surface area is 118 Å². The minimum atomic E-state index is -0.155. The molecule has 0 bridgehead atoms. The van der Waals surface area contributed by atoms with E-state index in [1.807, 2.05) is 6.07 Å². The maximum absolute atomic E-state index is 13.1.